The third-order valence-corrected chi connectivity index (χ3v) is 3.07. The molecule has 17 heavy (non-hydrogen) atoms. The van der Waals surface area contributed by atoms with Gasteiger partial charge in [-0.05, 0) is 25.5 Å². The average Bonchev–Trinajstić information content (AvgIpc) is 2.67. The van der Waals surface area contributed by atoms with Crippen molar-refractivity contribution in [1.82, 2.24) is 4.57 Å². The van der Waals surface area contributed by atoms with Crippen LogP contribution in [0.3, 0.4) is 0 Å². The van der Waals surface area contributed by atoms with Crippen molar-refractivity contribution in [2.45, 2.75) is 32.5 Å². The standard InChI is InChI=1S/C13H14F3N/c1-3-9(2)17-11-7-5-4-6-10(11)8-12(17)13(14,15)16/h4-9H,3H2,1-2H3. The molecule has 0 amide bonds. The SMILES string of the molecule is CCC(C)n1c(C(F)(F)F)cc2ccccc21. The fourth-order valence-corrected chi connectivity index (χ4v) is 2.05. The molecule has 2 aromatic rings. The zero-order chi connectivity index (χ0) is 12.6. The van der Waals surface area contributed by atoms with E-state index < -0.39 is 11.9 Å². The molecule has 1 atom stereocenters. The first kappa shape index (κ1) is 12.0. The summed E-state index contributed by atoms with van der Waals surface area (Å²) in [4.78, 5) is 0. The van der Waals surface area contributed by atoms with Crippen molar-refractivity contribution in [3.63, 3.8) is 0 Å². The highest BCUT2D eigenvalue weighted by atomic mass is 19.4. The summed E-state index contributed by atoms with van der Waals surface area (Å²) < 4.78 is 40.3. The van der Waals surface area contributed by atoms with E-state index in [-0.39, 0.29) is 6.04 Å². The van der Waals surface area contributed by atoms with Crippen LogP contribution in [0.2, 0.25) is 0 Å². The second kappa shape index (κ2) is 4.09. The molecule has 1 unspecified atom stereocenters. The van der Waals surface area contributed by atoms with Crippen LogP contribution in [0, 0.1) is 0 Å². The van der Waals surface area contributed by atoms with Crippen LogP contribution >= 0.6 is 0 Å². The van der Waals surface area contributed by atoms with Gasteiger partial charge >= 0.3 is 6.18 Å². The van der Waals surface area contributed by atoms with Gasteiger partial charge in [0, 0.05) is 16.9 Å². The van der Waals surface area contributed by atoms with Gasteiger partial charge in [-0.15, -0.1) is 0 Å². The second-order valence-corrected chi connectivity index (χ2v) is 4.21. The number of hydrogen-bond acceptors (Lipinski definition) is 0. The zero-order valence-corrected chi connectivity index (χ0v) is 9.75. The number of fused-ring (bicyclic) bond motifs is 1. The number of halogens is 3. The van der Waals surface area contributed by atoms with E-state index in [1.165, 1.54) is 10.6 Å². The van der Waals surface area contributed by atoms with E-state index in [1.54, 1.807) is 24.3 Å². The second-order valence-electron chi connectivity index (χ2n) is 4.21. The van der Waals surface area contributed by atoms with E-state index in [0.29, 0.717) is 17.3 Å². The van der Waals surface area contributed by atoms with Crippen LogP contribution in [-0.2, 0) is 6.18 Å². The van der Waals surface area contributed by atoms with E-state index in [1.807, 2.05) is 13.8 Å². The molecule has 0 aliphatic rings. The molecule has 0 aliphatic carbocycles. The number of para-hydroxylation sites is 1. The van der Waals surface area contributed by atoms with Gasteiger partial charge in [0.15, 0.2) is 0 Å². The highest BCUT2D eigenvalue weighted by Crippen LogP contribution is 2.36. The molecule has 0 bridgehead atoms. The van der Waals surface area contributed by atoms with Crippen molar-refractivity contribution >= 4 is 10.9 Å². The zero-order valence-electron chi connectivity index (χ0n) is 9.75. The monoisotopic (exact) mass is 241 g/mol. The number of nitrogens with zero attached hydrogens (tertiary/aromatic N) is 1. The van der Waals surface area contributed by atoms with Gasteiger partial charge in [0.25, 0.3) is 0 Å². The lowest BCUT2D eigenvalue weighted by Crippen LogP contribution is -2.16. The van der Waals surface area contributed by atoms with Gasteiger partial charge in [0.1, 0.15) is 5.69 Å². The predicted molar refractivity (Wildman–Crippen MR) is 61.9 cm³/mol. The Morgan fingerprint density at radius 3 is 2.47 bits per heavy atom. The van der Waals surface area contributed by atoms with Crippen molar-refractivity contribution < 1.29 is 13.2 Å². The molecule has 0 aliphatic heterocycles. The lowest BCUT2D eigenvalue weighted by Gasteiger charge is -2.18. The normalized spacial score (nSPS) is 14.2. The highest BCUT2D eigenvalue weighted by molar-refractivity contribution is 5.81. The summed E-state index contributed by atoms with van der Waals surface area (Å²) in [5.41, 5.74) is 0.0854. The van der Waals surface area contributed by atoms with Gasteiger partial charge in [-0.25, -0.2) is 0 Å². The van der Waals surface area contributed by atoms with E-state index in [4.69, 9.17) is 0 Å². The van der Waals surface area contributed by atoms with Crippen molar-refractivity contribution in [3.8, 4) is 0 Å². The summed E-state index contributed by atoms with van der Waals surface area (Å²) in [7, 11) is 0. The maximum atomic E-state index is 13.0. The van der Waals surface area contributed by atoms with Gasteiger partial charge in [-0.3, -0.25) is 0 Å². The molecule has 92 valence electrons. The minimum Gasteiger partial charge on any atom is -0.334 e. The first-order chi connectivity index (χ1) is 7.95. The quantitative estimate of drug-likeness (QED) is 0.722. The van der Waals surface area contributed by atoms with E-state index in [0.717, 1.165) is 0 Å². The number of rotatable bonds is 2. The number of alkyl halides is 3. The molecular formula is C13H14F3N. The van der Waals surface area contributed by atoms with Gasteiger partial charge in [0.05, 0.1) is 0 Å². The highest BCUT2D eigenvalue weighted by Gasteiger charge is 2.36. The molecule has 0 saturated heterocycles. The maximum absolute atomic E-state index is 13.0. The predicted octanol–water partition coefficient (Wildman–Crippen LogP) is 4.63. The van der Waals surface area contributed by atoms with Gasteiger partial charge in [-0.2, -0.15) is 13.2 Å². The summed E-state index contributed by atoms with van der Waals surface area (Å²) in [6.45, 7) is 3.70. The summed E-state index contributed by atoms with van der Waals surface area (Å²) >= 11 is 0. The fraction of sp³-hybridized carbons (Fsp3) is 0.385. The Morgan fingerprint density at radius 1 is 1.24 bits per heavy atom. The largest absolute Gasteiger partial charge is 0.431 e. The Bertz CT molecular complexity index is 525. The van der Waals surface area contributed by atoms with Crippen LogP contribution in [0.4, 0.5) is 13.2 Å². The molecular weight excluding hydrogens is 227 g/mol. The smallest absolute Gasteiger partial charge is 0.334 e. The van der Waals surface area contributed by atoms with E-state index in [9.17, 15) is 13.2 Å². The third-order valence-electron chi connectivity index (χ3n) is 3.07. The van der Waals surface area contributed by atoms with Crippen LogP contribution in [0.5, 0.6) is 0 Å². The molecule has 1 aromatic heterocycles. The Balaban J connectivity index is 2.74. The molecule has 1 aromatic carbocycles. The number of hydrogen-bond donors (Lipinski definition) is 0. The summed E-state index contributed by atoms with van der Waals surface area (Å²) in [5.74, 6) is 0. The van der Waals surface area contributed by atoms with Crippen molar-refractivity contribution in [3.05, 3.63) is 36.0 Å². The third kappa shape index (κ3) is 2.04. The molecule has 4 heteroatoms. The van der Waals surface area contributed by atoms with E-state index in [2.05, 4.69) is 0 Å². The van der Waals surface area contributed by atoms with Crippen molar-refractivity contribution in [2.24, 2.45) is 0 Å². The summed E-state index contributed by atoms with van der Waals surface area (Å²) in [6.07, 6.45) is -3.63. The molecule has 1 nitrogen and oxygen atoms in total. The summed E-state index contributed by atoms with van der Waals surface area (Å²) in [6, 6.07) is 8.03. The number of benzene rings is 1. The van der Waals surface area contributed by atoms with Crippen LogP contribution < -0.4 is 0 Å². The molecule has 1 heterocycles. The van der Waals surface area contributed by atoms with Gasteiger partial charge in [-0.1, -0.05) is 25.1 Å². The molecule has 0 N–H and O–H groups in total. The lowest BCUT2D eigenvalue weighted by molar-refractivity contribution is -0.143. The van der Waals surface area contributed by atoms with Crippen LogP contribution in [0.15, 0.2) is 30.3 Å². The maximum Gasteiger partial charge on any atom is 0.431 e. The topological polar surface area (TPSA) is 4.93 Å². The molecule has 0 spiro atoms. The van der Waals surface area contributed by atoms with Crippen molar-refractivity contribution in [2.75, 3.05) is 0 Å². The molecule has 0 saturated carbocycles. The number of aromatic nitrogens is 1. The lowest BCUT2D eigenvalue weighted by atomic mass is 10.2. The minimum atomic E-state index is -4.30. The first-order valence-electron chi connectivity index (χ1n) is 5.62. The first-order valence-corrected chi connectivity index (χ1v) is 5.62. The molecule has 0 fully saturated rings. The van der Waals surface area contributed by atoms with Gasteiger partial charge < -0.3 is 4.57 Å². The van der Waals surface area contributed by atoms with Crippen LogP contribution in [0.1, 0.15) is 32.0 Å². The molecule has 2 rings (SSSR count). The molecule has 0 radical (unpaired) electrons. The van der Waals surface area contributed by atoms with Crippen LogP contribution in [-0.4, -0.2) is 4.57 Å². The summed E-state index contributed by atoms with van der Waals surface area (Å²) in [5, 5.41) is 0.639. The van der Waals surface area contributed by atoms with Crippen molar-refractivity contribution in [1.29, 1.82) is 0 Å². The Labute approximate surface area is 97.9 Å². The van der Waals surface area contributed by atoms with Gasteiger partial charge in [0.2, 0.25) is 0 Å². The van der Waals surface area contributed by atoms with Crippen LogP contribution in [0.25, 0.3) is 10.9 Å². The van der Waals surface area contributed by atoms with E-state index >= 15 is 0 Å². The Kier molecular flexibility index (Phi) is 2.89. The average molecular weight is 241 g/mol. The Hall–Kier alpha value is -1.45. The minimum absolute atomic E-state index is 0.161. The fourth-order valence-electron chi connectivity index (χ4n) is 2.05. The Morgan fingerprint density at radius 2 is 1.88 bits per heavy atom.